The highest BCUT2D eigenvalue weighted by Crippen LogP contribution is 2.20. The number of hydrazone groups is 1. The largest absolute Gasteiger partial charge is 0.356 e. The van der Waals surface area contributed by atoms with Gasteiger partial charge in [-0.2, -0.15) is 10.4 Å². The van der Waals surface area contributed by atoms with Crippen LogP contribution < -0.4 is 15.9 Å². The number of fused-ring (bicyclic) bond motifs is 1. The molecule has 0 atom stereocenters. The van der Waals surface area contributed by atoms with Crippen LogP contribution in [0.5, 0.6) is 0 Å². The number of rotatable bonds is 5. The quantitative estimate of drug-likeness (QED) is 0.511. The molecule has 3 heterocycles. The zero-order valence-electron chi connectivity index (χ0n) is 14.4. The second kappa shape index (κ2) is 7.79. The number of hydrogen-bond acceptors (Lipinski definition) is 6. The minimum atomic E-state index is -0.125. The lowest BCUT2D eigenvalue weighted by Gasteiger charge is -2.29. The van der Waals surface area contributed by atoms with Gasteiger partial charge in [-0.25, -0.2) is 4.98 Å². The molecule has 7 nitrogen and oxygen atoms in total. The number of anilines is 1. The van der Waals surface area contributed by atoms with Crippen molar-refractivity contribution in [1.82, 2.24) is 14.8 Å². The van der Waals surface area contributed by atoms with Crippen LogP contribution in [0, 0.1) is 18.3 Å². The van der Waals surface area contributed by atoms with E-state index < -0.39 is 0 Å². The molecule has 2 aromatic heterocycles. The van der Waals surface area contributed by atoms with E-state index in [-0.39, 0.29) is 5.56 Å². The standard InChI is InChI=1S/C18H22N6O/c1-14-7-5-12-24-16(14)22-17(23-10-3-2-4-11-23)15(18(24)25)13-21-20-9-6-8-19/h5,7,12-13,20H,2-4,6,9-11H2,1H3/b21-13+. The van der Waals surface area contributed by atoms with E-state index in [4.69, 9.17) is 10.2 Å². The normalized spacial score (nSPS) is 14.8. The number of nitriles is 1. The molecule has 130 valence electrons. The Hall–Kier alpha value is -2.88. The molecular weight excluding hydrogens is 316 g/mol. The van der Waals surface area contributed by atoms with Crippen LogP contribution >= 0.6 is 0 Å². The molecule has 3 rings (SSSR count). The average molecular weight is 338 g/mol. The number of aromatic nitrogens is 2. The molecule has 2 aromatic rings. The number of piperidine rings is 1. The van der Waals surface area contributed by atoms with Crippen LogP contribution in [0.1, 0.15) is 36.8 Å². The molecule has 7 heteroatoms. The molecule has 0 amide bonds. The van der Waals surface area contributed by atoms with Crippen molar-refractivity contribution >= 4 is 17.7 Å². The average Bonchev–Trinajstić information content (AvgIpc) is 2.64. The first-order chi connectivity index (χ1) is 12.2. The smallest absolute Gasteiger partial charge is 0.268 e. The van der Waals surface area contributed by atoms with E-state index in [1.165, 1.54) is 12.6 Å². The van der Waals surface area contributed by atoms with Crippen LogP contribution in [0.15, 0.2) is 28.2 Å². The molecular formula is C18H22N6O. The zero-order valence-corrected chi connectivity index (χ0v) is 14.4. The summed E-state index contributed by atoms with van der Waals surface area (Å²) < 4.78 is 1.57. The maximum atomic E-state index is 13.0. The first-order valence-corrected chi connectivity index (χ1v) is 8.62. The van der Waals surface area contributed by atoms with Gasteiger partial charge in [-0.05, 0) is 37.8 Å². The van der Waals surface area contributed by atoms with Crippen LogP contribution in [0.25, 0.3) is 5.65 Å². The van der Waals surface area contributed by atoms with Crippen molar-refractivity contribution in [1.29, 1.82) is 5.26 Å². The lowest BCUT2D eigenvalue weighted by Crippen LogP contribution is -2.34. The Morgan fingerprint density at radius 1 is 1.40 bits per heavy atom. The van der Waals surface area contributed by atoms with Gasteiger partial charge in [0.2, 0.25) is 0 Å². The predicted octanol–water partition coefficient (Wildman–Crippen LogP) is 1.83. The van der Waals surface area contributed by atoms with E-state index in [0.29, 0.717) is 30.0 Å². The molecule has 0 saturated carbocycles. The Labute approximate surface area is 146 Å². The summed E-state index contributed by atoms with van der Waals surface area (Å²) >= 11 is 0. The highest BCUT2D eigenvalue weighted by Gasteiger charge is 2.19. The van der Waals surface area contributed by atoms with Crippen LogP contribution in [0.4, 0.5) is 5.82 Å². The van der Waals surface area contributed by atoms with Crippen LogP contribution in [0.3, 0.4) is 0 Å². The first kappa shape index (κ1) is 17.0. The van der Waals surface area contributed by atoms with Gasteiger partial charge in [0, 0.05) is 25.8 Å². The second-order valence-corrected chi connectivity index (χ2v) is 6.16. The summed E-state index contributed by atoms with van der Waals surface area (Å²) in [6.45, 7) is 4.21. The monoisotopic (exact) mass is 338 g/mol. The van der Waals surface area contributed by atoms with Crippen molar-refractivity contribution in [2.24, 2.45) is 5.10 Å². The van der Waals surface area contributed by atoms with Crippen molar-refractivity contribution in [3.63, 3.8) is 0 Å². The molecule has 0 aromatic carbocycles. The zero-order chi connectivity index (χ0) is 17.6. The topological polar surface area (TPSA) is 85.8 Å². The summed E-state index contributed by atoms with van der Waals surface area (Å²) in [6.07, 6.45) is 7.05. The Kier molecular flexibility index (Phi) is 5.29. The molecule has 0 radical (unpaired) electrons. The van der Waals surface area contributed by atoms with Crippen molar-refractivity contribution in [2.75, 3.05) is 24.5 Å². The van der Waals surface area contributed by atoms with E-state index in [9.17, 15) is 4.79 Å². The van der Waals surface area contributed by atoms with Gasteiger partial charge in [0.15, 0.2) is 0 Å². The number of nitrogens with zero attached hydrogens (tertiary/aromatic N) is 5. The fourth-order valence-corrected chi connectivity index (χ4v) is 3.05. The highest BCUT2D eigenvalue weighted by atomic mass is 16.1. The molecule has 0 unspecified atom stereocenters. The summed E-state index contributed by atoms with van der Waals surface area (Å²) in [6, 6.07) is 5.85. The lowest BCUT2D eigenvalue weighted by molar-refractivity contribution is 0.573. The van der Waals surface area contributed by atoms with Crippen molar-refractivity contribution < 1.29 is 0 Å². The van der Waals surface area contributed by atoms with Crippen LogP contribution in [0.2, 0.25) is 0 Å². The third-order valence-corrected chi connectivity index (χ3v) is 4.35. The first-order valence-electron chi connectivity index (χ1n) is 8.62. The van der Waals surface area contributed by atoms with Gasteiger partial charge in [0.05, 0.1) is 18.7 Å². The summed E-state index contributed by atoms with van der Waals surface area (Å²) in [4.78, 5) is 20.0. The second-order valence-electron chi connectivity index (χ2n) is 6.16. The van der Waals surface area contributed by atoms with Crippen LogP contribution in [-0.4, -0.2) is 35.2 Å². The third kappa shape index (κ3) is 3.63. The van der Waals surface area contributed by atoms with E-state index in [2.05, 4.69) is 15.4 Å². The highest BCUT2D eigenvalue weighted by molar-refractivity contribution is 5.86. The molecule has 25 heavy (non-hydrogen) atoms. The van der Waals surface area contributed by atoms with Gasteiger partial charge in [0.1, 0.15) is 17.0 Å². The van der Waals surface area contributed by atoms with Gasteiger partial charge in [0.25, 0.3) is 5.56 Å². The van der Waals surface area contributed by atoms with Gasteiger partial charge >= 0.3 is 0 Å². The van der Waals surface area contributed by atoms with E-state index in [0.717, 1.165) is 31.5 Å². The molecule has 1 aliphatic rings. The van der Waals surface area contributed by atoms with Gasteiger partial charge < -0.3 is 10.3 Å². The Bertz CT molecular complexity index is 873. The molecule has 0 aliphatic carbocycles. The van der Waals surface area contributed by atoms with Crippen LogP contribution in [-0.2, 0) is 0 Å². The third-order valence-electron chi connectivity index (χ3n) is 4.35. The minimum Gasteiger partial charge on any atom is -0.356 e. The van der Waals surface area contributed by atoms with E-state index in [1.807, 2.05) is 25.1 Å². The fourth-order valence-electron chi connectivity index (χ4n) is 3.05. The molecule has 0 bridgehead atoms. The molecule has 1 fully saturated rings. The number of aryl methyl sites for hydroxylation is 1. The van der Waals surface area contributed by atoms with E-state index >= 15 is 0 Å². The molecule has 0 spiro atoms. The van der Waals surface area contributed by atoms with Crippen molar-refractivity contribution in [3.8, 4) is 6.07 Å². The van der Waals surface area contributed by atoms with E-state index in [1.54, 1.807) is 10.6 Å². The van der Waals surface area contributed by atoms with Gasteiger partial charge in [-0.1, -0.05) is 6.07 Å². The number of hydrogen-bond donors (Lipinski definition) is 1. The maximum Gasteiger partial charge on any atom is 0.268 e. The lowest BCUT2D eigenvalue weighted by atomic mass is 10.1. The van der Waals surface area contributed by atoms with Crippen molar-refractivity contribution in [3.05, 3.63) is 39.8 Å². The Morgan fingerprint density at radius 2 is 2.20 bits per heavy atom. The summed E-state index contributed by atoms with van der Waals surface area (Å²) in [7, 11) is 0. The SMILES string of the molecule is Cc1cccn2c(=O)c(/C=N/NCCC#N)c(N3CCCCC3)nc12. The molecule has 1 aliphatic heterocycles. The predicted molar refractivity (Wildman–Crippen MR) is 98.1 cm³/mol. The van der Waals surface area contributed by atoms with Gasteiger partial charge in [-0.3, -0.25) is 9.20 Å². The molecule has 1 saturated heterocycles. The summed E-state index contributed by atoms with van der Waals surface area (Å²) in [5, 5.41) is 12.7. The fraction of sp³-hybridized carbons (Fsp3) is 0.444. The summed E-state index contributed by atoms with van der Waals surface area (Å²) in [5.74, 6) is 0.699. The number of nitrogens with one attached hydrogen (secondary N) is 1. The Balaban J connectivity index is 2.06. The maximum absolute atomic E-state index is 13.0. The molecule has 1 N–H and O–H groups in total. The summed E-state index contributed by atoms with van der Waals surface area (Å²) in [5.41, 5.74) is 4.81. The Morgan fingerprint density at radius 3 is 2.96 bits per heavy atom. The van der Waals surface area contributed by atoms with Crippen molar-refractivity contribution in [2.45, 2.75) is 32.6 Å². The van der Waals surface area contributed by atoms with Gasteiger partial charge in [-0.15, -0.1) is 0 Å². The number of pyridine rings is 1. The minimum absolute atomic E-state index is 0.125.